The standard InChI is InChI=1S/C18H16ClF3N2O3/c1-24(11-12-6-2-5-9-15(12)27-18(20,21)22)16(25)10-23-17(26)13-7-3-4-8-14(13)19/h2-9H,10-11H2,1H3,(H,23,26). The van der Waals surface area contributed by atoms with Gasteiger partial charge in [-0.15, -0.1) is 13.2 Å². The third kappa shape index (κ3) is 6.18. The van der Waals surface area contributed by atoms with E-state index in [0.717, 1.165) is 0 Å². The van der Waals surface area contributed by atoms with Crippen LogP contribution in [-0.4, -0.2) is 36.7 Å². The summed E-state index contributed by atoms with van der Waals surface area (Å²) in [5.41, 5.74) is 0.404. The number of rotatable bonds is 6. The first-order valence-corrected chi connectivity index (χ1v) is 8.15. The Labute approximate surface area is 158 Å². The summed E-state index contributed by atoms with van der Waals surface area (Å²) in [6, 6.07) is 11.9. The Morgan fingerprint density at radius 1 is 1.11 bits per heavy atom. The topological polar surface area (TPSA) is 58.6 Å². The third-order valence-electron chi connectivity index (χ3n) is 3.55. The van der Waals surface area contributed by atoms with Crippen molar-refractivity contribution in [2.24, 2.45) is 0 Å². The van der Waals surface area contributed by atoms with Gasteiger partial charge in [-0.25, -0.2) is 0 Å². The molecule has 0 aliphatic rings. The van der Waals surface area contributed by atoms with Crippen LogP contribution in [0.4, 0.5) is 13.2 Å². The number of ether oxygens (including phenoxy) is 1. The lowest BCUT2D eigenvalue weighted by molar-refractivity contribution is -0.275. The smallest absolute Gasteiger partial charge is 0.405 e. The number of amides is 2. The fourth-order valence-electron chi connectivity index (χ4n) is 2.23. The van der Waals surface area contributed by atoms with Crippen LogP contribution in [0.15, 0.2) is 48.5 Å². The van der Waals surface area contributed by atoms with E-state index in [9.17, 15) is 22.8 Å². The van der Waals surface area contributed by atoms with Gasteiger partial charge < -0.3 is 15.0 Å². The van der Waals surface area contributed by atoms with Gasteiger partial charge in [-0.2, -0.15) is 0 Å². The summed E-state index contributed by atoms with van der Waals surface area (Å²) >= 11 is 5.91. The van der Waals surface area contributed by atoms with Gasteiger partial charge in [-0.05, 0) is 18.2 Å². The number of hydrogen-bond acceptors (Lipinski definition) is 3. The Balaban J connectivity index is 1.97. The van der Waals surface area contributed by atoms with Gasteiger partial charge in [0.2, 0.25) is 5.91 Å². The molecule has 0 bridgehead atoms. The molecule has 0 radical (unpaired) electrons. The number of hydrogen-bond donors (Lipinski definition) is 1. The molecule has 0 spiro atoms. The van der Waals surface area contributed by atoms with Gasteiger partial charge in [0.15, 0.2) is 0 Å². The van der Waals surface area contributed by atoms with Crippen LogP contribution < -0.4 is 10.1 Å². The molecular formula is C18H16ClF3N2O3. The molecule has 27 heavy (non-hydrogen) atoms. The second-order valence-electron chi connectivity index (χ2n) is 5.57. The number of carbonyl (C=O) groups excluding carboxylic acids is 2. The van der Waals surface area contributed by atoms with Gasteiger partial charge >= 0.3 is 6.36 Å². The van der Waals surface area contributed by atoms with Crippen molar-refractivity contribution in [2.45, 2.75) is 12.9 Å². The first kappa shape index (κ1) is 20.6. The lowest BCUT2D eigenvalue weighted by Gasteiger charge is -2.20. The molecule has 0 fully saturated rings. The summed E-state index contributed by atoms with van der Waals surface area (Å²) in [5.74, 6) is -1.40. The molecule has 5 nitrogen and oxygen atoms in total. The van der Waals surface area contributed by atoms with E-state index in [1.165, 1.54) is 42.3 Å². The first-order valence-electron chi connectivity index (χ1n) is 7.77. The maximum atomic E-state index is 12.5. The number of likely N-dealkylation sites (N-methyl/N-ethyl adjacent to an activating group) is 1. The van der Waals surface area contributed by atoms with E-state index in [0.29, 0.717) is 0 Å². The van der Waals surface area contributed by atoms with E-state index in [1.807, 2.05) is 0 Å². The summed E-state index contributed by atoms with van der Waals surface area (Å²) in [7, 11) is 1.41. The predicted molar refractivity (Wildman–Crippen MR) is 93.4 cm³/mol. The molecule has 9 heteroatoms. The van der Waals surface area contributed by atoms with Crippen LogP contribution in [0.1, 0.15) is 15.9 Å². The number of benzene rings is 2. The summed E-state index contributed by atoms with van der Waals surface area (Å²) < 4.78 is 41.3. The first-order chi connectivity index (χ1) is 12.7. The van der Waals surface area contributed by atoms with Crippen molar-refractivity contribution in [3.05, 3.63) is 64.7 Å². The van der Waals surface area contributed by atoms with Crippen molar-refractivity contribution >= 4 is 23.4 Å². The minimum atomic E-state index is -4.83. The molecule has 1 N–H and O–H groups in total. The molecular weight excluding hydrogens is 385 g/mol. The van der Waals surface area contributed by atoms with Crippen LogP contribution in [-0.2, 0) is 11.3 Å². The quantitative estimate of drug-likeness (QED) is 0.805. The van der Waals surface area contributed by atoms with Gasteiger partial charge in [-0.3, -0.25) is 9.59 Å². The molecule has 2 aromatic carbocycles. The fraction of sp³-hybridized carbons (Fsp3) is 0.222. The van der Waals surface area contributed by atoms with Crippen molar-refractivity contribution in [1.82, 2.24) is 10.2 Å². The number of halogens is 4. The normalized spacial score (nSPS) is 11.0. The maximum absolute atomic E-state index is 12.5. The lowest BCUT2D eigenvalue weighted by Crippen LogP contribution is -2.38. The van der Waals surface area contributed by atoms with Crippen molar-refractivity contribution in [3.8, 4) is 5.75 Å². The Morgan fingerprint density at radius 3 is 2.41 bits per heavy atom. The van der Waals surface area contributed by atoms with Crippen LogP contribution in [0.2, 0.25) is 5.02 Å². The summed E-state index contributed by atoms with van der Waals surface area (Å²) in [6.07, 6.45) is -4.83. The molecule has 0 aliphatic carbocycles. The van der Waals surface area contributed by atoms with Crippen molar-refractivity contribution in [1.29, 1.82) is 0 Å². The zero-order chi connectivity index (χ0) is 20.0. The van der Waals surface area contributed by atoms with Crippen molar-refractivity contribution in [3.63, 3.8) is 0 Å². The molecule has 0 saturated carbocycles. The molecule has 2 amide bonds. The molecule has 2 aromatic rings. The number of para-hydroxylation sites is 1. The zero-order valence-electron chi connectivity index (χ0n) is 14.2. The highest BCUT2D eigenvalue weighted by molar-refractivity contribution is 6.33. The largest absolute Gasteiger partial charge is 0.573 e. The molecule has 0 heterocycles. The average Bonchev–Trinajstić information content (AvgIpc) is 2.60. The molecule has 0 aliphatic heterocycles. The van der Waals surface area contributed by atoms with Gasteiger partial charge in [0.05, 0.1) is 17.1 Å². The van der Waals surface area contributed by atoms with E-state index in [1.54, 1.807) is 18.2 Å². The highest BCUT2D eigenvalue weighted by Crippen LogP contribution is 2.26. The molecule has 2 rings (SSSR count). The number of nitrogens with zero attached hydrogens (tertiary/aromatic N) is 1. The number of alkyl halides is 3. The minimum absolute atomic E-state index is 0.118. The fourth-order valence-corrected chi connectivity index (χ4v) is 2.46. The van der Waals surface area contributed by atoms with E-state index in [4.69, 9.17) is 11.6 Å². The molecule has 144 valence electrons. The lowest BCUT2D eigenvalue weighted by atomic mass is 10.2. The van der Waals surface area contributed by atoms with Gasteiger partial charge in [-0.1, -0.05) is 41.9 Å². The highest BCUT2D eigenvalue weighted by atomic mass is 35.5. The van der Waals surface area contributed by atoms with E-state index in [-0.39, 0.29) is 35.0 Å². The van der Waals surface area contributed by atoms with E-state index < -0.39 is 18.2 Å². The Morgan fingerprint density at radius 2 is 1.74 bits per heavy atom. The van der Waals surface area contributed by atoms with Gasteiger partial charge in [0.25, 0.3) is 5.91 Å². The van der Waals surface area contributed by atoms with E-state index >= 15 is 0 Å². The third-order valence-corrected chi connectivity index (χ3v) is 3.88. The Kier molecular flexibility index (Phi) is 6.68. The summed E-state index contributed by atoms with van der Waals surface area (Å²) in [5, 5.41) is 2.68. The monoisotopic (exact) mass is 400 g/mol. The zero-order valence-corrected chi connectivity index (χ0v) is 15.0. The second-order valence-corrected chi connectivity index (χ2v) is 5.98. The highest BCUT2D eigenvalue weighted by Gasteiger charge is 2.32. The molecule has 0 atom stereocenters. The van der Waals surface area contributed by atoms with Crippen LogP contribution in [0.3, 0.4) is 0 Å². The van der Waals surface area contributed by atoms with Gasteiger partial charge in [0.1, 0.15) is 5.75 Å². The number of carbonyl (C=O) groups is 2. The molecule has 0 aromatic heterocycles. The Hall–Kier alpha value is -2.74. The minimum Gasteiger partial charge on any atom is -0.405 e. The average molecular weight is 401 g/mol. The molecule has 0 saturated heterocycles. The van der Waals surface area contributed by atoms with Crippen LogP contribution >= 0.6 is 11.6 Å². The predicted octanol–water partition coefficient (Wildman–Crippen LogP) is 3.63. The SMILES string of the molecule is CN(Cc1ccccc1OC(F)(F)F)C(=O)CNC(=O)c1ccccc1Cl. The second kappa shape index (κ2) is 8.77. The van der Waals surface area contributed by atoms with Crippen LogP contribution in [0.25, 0.3) is 0 Å². The van der Waals surface area contributed by atoms with Crippen molar-refractivity contribution < 1.29 is 27.5 Å². The van der Waals surface area contributed by atoms with Crippen molar-refractivity contribution in [2.75, 3.05) is 13.6 Å². The number of nitrogens with one attached hydrogen (secondary N) is 1. The van der Waals surface area contributed by atoms with Crippen LogP contribution in [0.5, 0.6) is 5.75 Å². The maximum Gasteiger partial charge on any atom is 0.573 e. The van der Waals surface area contributed by atoms with Crippen LogP contribution in [0, 0.1) is 0 Å². The summed E-state index contributed by atoms with van der Waals surface area (Å²) in [6.45, 7) is -0.449. The molecule has 0 unspecified atom stereocenters. The van der Waals surface area contributed by atoms with E-state index in [2.05, 4.69) is 10.1 Å². The summed E-state index contributed by atoms with van der Waals surface area (Å²) in [4.78, 5) is 25.4. The van der Waals surface area contributed by atoms with Gasteiger partial charge in [0, 0.05) is 19.2 Å². The Bertz CT molecular complexity index is 827.